The highest BCUT2D eigenvalue weighted by Gasteiger charge is 2.30. The van der Waals surface area contributed by atoms with Crippen LogP contribution >= 0.6 is 11.3 Å². The second-order valence-electron chi connectivity index (χ2n) is 4.88. The molecule has 0 saturated carbocycles. The fraction of sp³-hybridized carbons (Fsp3) is 0.200. The minimum atomic E-state index is -1.00. The van der Waals surface area contributed by atoms with Gasteiger partial charge in [-0.1, -0.05) is 12.1 Å². The summed E-state index contributed by atoms with van der Waals surface area (Å²) >= 11 is 1.44. The van der Waals surface area contributed by atoms with Crippen LogP contribution in [0.1, 0.15) is 26.8 Å². The lowest BCUT2D eigenvalue weighted by molar-refractivity contribution is -0.119. The van der Waals surface area contributed by atoms with Crippen LogP contribution in [0.25, 0.3) is 0 Å². The summed E-state index contributed by atoms with van der Waals surface area (Å²) in [6, 6.07) is 7.86. The van der Waals surface area contributed by atoms with Crippen LogP contribution in [0.4, 0.5) is 5.69 Å². The van der Waals surface area contributed by atoms with E-state index in [-0.39, 0.29) is 11.5 Å². The Morgan fingerprint density at radius 3 is 2.81 bits per heavy atom. The third-order valence-electron chi connectivity index (χ3n) is 3.61. The third-order valence-corrected chi connectivity index (χ3v) is 4.56. The summed E-state index contributed by atoms with van der Waals surface area (Å²) in [4.78, 5) is 26.0. The number of benzene rings is 1. The van der Waals surface area contributed by atoms with E-state index in [2.05, 4.69) is 0 Å². The number of hydrogen-bond donors (Lipinski definition) is 2. The largest absolute Gasteiger partial charge is 0.478 e. The van der Waals surface area contributed by atoms with Crippen molar-refractivity contribution in [1.29, 1.82) is 0 Å². The molecule has 1 aromatic carbocycles. The zero-order valence-corrected chi connectivity index (χ0v) is 12.0. The third kappa shape index (κ3) is 2.43. The highest BCUT2D eigenvalue weighted by molar-refractivity contribution is 7.10. The number of carbonyl (C=O) groups is 2. The van der Waals surface area contributed by atoms with E-state index in [0.29, 0.717) is 12.2 Å². The number of nitrogens with two attached hydrogens (primary N) is 1. The number of carboxylic acids is 1. The monoisotopic (exact) mass is 302 g/mol. The van der Waals surface area contributed by atoms with Crippen molar-refractivity contribution < 1.29 is 14.7 Å². The second kappa shape index (κ2) is 5.31. The number of amides is 1. The van der Waals surface area contributed by atoms with E-state index in [1.807, 2.05) is 17.5 Å². The van der Waals surface area contributed by atoms with Crippen LogP contribution in [0.15, 0.2) is 35.7 Å². The van der Waals surface area contributed by atoms with Crippen LogP contribution in [0, 0.1) is 0 Å². The smallest absolute Gasteiger partial charge is 0.335 e. The Balaban J connectivity index is 1.91. The van der Waals surface area contributed by atoms with Crippen molar-refractivity contribution >= 4 is 28.9 Å². The fourth-order valence-corrected chi connectivity index (χ4v) is 3.22. The van der Waals surface area contributed by atoms with Gasteiger partial charge in [0.15, 0.2) is 0 Å². The average molecular weight is 302 g/mol. The van der Waals surface area contributed by atoms with Crippen LogP contribution in [-0.4, -0.2) is 23.5 Å². The normalized spacial score (nSPS) is 14.8. The van der Waals surface area contributed by atoms with Gasteiger partial charge in [0.05, 0.1) is 5.56 Å². The van der Waals surface area contributed by atoms with Crippen molar-refractivity contribution in [3.63, 3.8) is 0 Å². The van der Waals surface area contributed by atoms with Crippen LogP contribution in [0.5, 0.6) is 0 Å². The topological polar surface area (TPSA) is 83.6 Å². The molecule has 0 radical (unpaired) electrons. The summed E-state index contributed by atoms with van der Waals surface area (Å²) in [7, 11) is 0. The predicted octanol–water partition coefficient (Wildman–Crippen LogP) is 2.04. The Bertz CT molecular complexity index is 697. The highest BCUT2D eigenvalue weighted by Crippen LogP contribution is 2.31. The molecule has 3 rings (SSSR count). The van der Waals surface area contributed by atoms with Crippen molar-refractivity contribution in [3.8, 4) is 0 Å². The molecule has 5 nitrogen and oxygen atoms in total. The lowest BCUT2D eigenvalue weighted by Crippen LogP contribution is -2.37. The van der Waals surface area contributed by atoms with E-state index in [4.69, 9.17) is 10.8 Å². The first-order chi connectivity index (χ1) is 10.1. The summed E-state index contributed by atoms with van der Waals surface area (Å²) in [5.41, 5.74) is 7.84. The summed E-state index contributed by atoms with van der Waals surface area (Å²) < 4.78 is 0. The molecular formula is C15H14N2O3S. The maximum Gasteiger partial charge on any atom is 0.335 e. The zero-order valence-electron chi connectivity index (χ0n) is 11.2. The minimum absolute atomic E-state index is 0.179. The predicted molar refractivity (Wildman–Crippen MR) is 80.7 cm³/mol. The Kier molecular flexibility index (Phi) is 3.48. The van der Waals surface area contributed by atoms with Crippen molar-refractivity contribution in [2.24, 2.45) is 5.73 Å². The second-order valence-corrected chi connectivity index (χ2v) is 5.86. The summed E-state index contributed by atoms with van der Waals surface area (Å²) in [5.74, 6) is -1.20. The fourth-order valence-electron chi connectivity index (χ4n) is 2.50. The number of fused-ring (bicyclic) bond motifs is 1. The Morgan fingerprint density at radius 2 is 2.14 bits per heavy atom. The van der Waals surface area contributed by atoms with Crippen molar-refractivity contribution in [1.82, 2.24) is 0 Å². The SMILES string of the molecule is NC(C(=O)N1CCc2ccc(C(=O)O)cc21)c1cccs1. The first-order valence-electron chi connectivity index (χ1n) is 6.54. The molecule has 0 bridgehead atoms. The van der Waals surface area contributed by atoms with Gasteiger partial charge in [-0.2, -0.15) is 0 Å². The zero-order chi connectivity index (χ0) is 15.0. The first-order valence-corrected chi connectivity index (χ1v) is 7.42. The van der Waals surface area contributed by atoms with Gasteiger partial charge in [0.2, 0.25) is 5.91 Å². The molecule has 3 N–H and O–H groups in total. The van der Waals surface area contributed by atoms with E-state index in [9.17, 15) is 9.59 Å². The van der Waals surface area contributed by atoms with Gasteiger partial charge in [0.1, 0.15) is 6.04 Å². The number of thiophene rings is 1. The lowest BCUT2D eigenvalue weighted by Gasteiger charge is -2.21. The van der Waals surface area contributed by atoms with Crippen molar-refractivity contribution in [2.75, 3.05) is 11.4 Å². The van der Waals surface area contributed by atoms with E-state index in [0.717, 1.165) is 16.9 Å². The van der Waals surface area contributed by atoms with Crippen LogP contribution in [0.3, 0.4) is 0 Å². The van der Waals surface area contributed by atoms with E-state index >= 15 is 0 Å². The van der Waals surface area contributed by atoms with Crippen LogP contribution < -0.4 is 10.6 Å². The molecule has 1 aromatic heterocycles. The van der Waals surface area contributed by atoms with Gasteiger partial charge in [0.25, 0.3) is 0 Å². The molecule has 1 atom stereocenters. The van der Waals surface area contributed by atoms with Gasteiger partial charge >= 0.3 is 5.97 Å². The van der Waals surface area contributed by atoms with E-state index in [1.54, 1.807) is 23.1 Å². The molecule has 6 heteroatoms. The molecule has 1 aliphatic rings. The molecule has 1 amide bonds. The quantitative estimate of drug-likeness (QED) is 0.908. The Morgan fingerprint density at radius 1 is 1.33 bits per heavy atom. The number of carbonyl (C=O) groups excluding carboxylic acids is 1. The van der Waals surface area contributed by atoms with Crippen LogP contribution in [0.2, 0.25) is 0 Å². The molecule has 0 saturated heterocycles. The molecule has 0 fully saturated rings. The number of rotatable bonds is 3. The van der Waals surface area contributed by atoms with Crippen LogP contribution in [-0.2, 0) is 11.2 Å². The molecule has 108 valence electrons. The minimum Gasteiger partial charge on any atom is -0.478 e. The summed E-state index contributed by atoms with van der Waals surface area (Å²) in [6.07, 6.45) is 0.720. The Hall–Kier alpha value is -2.18. The maximum atomic E-state index is 12.5. The van der Waals surface area contributed by atoms with E-state index in [1.165, 1.54) is 11.3 Å². The number of aromatic carboxylic acids is 1. The lowest BCUT2D eigenvalue weighted by atomic mass is 10.1. The van der Waals surface area contributed by atoms with Gasteiger partial charge in [-0.05, 0) is 35.6 Å². The highest BCUT2D eigenvalue weighted by atomic mass is 32.1. The van der Waals surface area contributed by atoms with Gasteiger partial charge in [-0.25, -0.2) is 4.79 Å². The number of nitrogens with zero attached hydrogens (tertiary/aromatic N) is 1. The molecule has 1 aliphatic heterocycles. The summed E-state index contributed by atoms with van der Waals surface area (Å²) in [6.45, 7) is 0.538. The number of carboxylic acid groups (broad SMARTS) is 1. The number of anilines is 1. The molecule has 2 aromatic rings. The van der Waals surface area contributed by atoms with Crippen molar-refractivity contribution in [2.45, 2.75) is 12.5 Å². The molecular weight excluding hydrogens is 288 g/mol. The molecule has 21 heavy (non-hydrogen) atoms. The van der Waals surface area contributed by atoms with Gasteiger partial charge in [-0.3, -0.25) is 4.79 Å². The Labute approximate surface area is 125 Å². The van der Waals surface area contributed by atoms with E-state index < -0.39 is 12.0 Å². The average Bonchev–Trinajstić information content (AvgIpc) is 3.14. The molecule has 0 spiro atoms. The molecule has 1 unspecified atom stereocenters. The van der Waals surface area contributed by atoms with Gasteiger partial charge in [0, 0.05) is 17.1 Å². The van der Waals surface area contributed by atoms with Crippen molar-refractivity contribution in [3.05, 3.63) is 51.7 Å². The maximum absolute atomic E-state index is 12.5. The number of hydrogen-bond acceptors (Lipinski definition) is 4. The standard InChI is InChI=1S/C15H14N2O3S/c16-13(12-2-1-7-21-12)14(18)17-6-5-9-3-4-10(15(19)20)8-11(9)17/h1-4,7-8,13H,5-6,16H2,(H,19,20). The molecule has 2 heterocycles. The van der Waals surface area contributed by atoms with Gasteiger partial charge < -0.3 is 15.7 Å². The first kappa shape index (κ1) is 13.8. The summed E-state index contributed by atoms with van der Waals surface area (Å²) in [5, 5.41) is 11.0. The van der Waals surface area contributed by atoms with Gasteiger partial charge in [-0.15, -0.1) is 11.3 Å². The molecule has 0 aliphatic carbocycles.